The molecule has 0 amide bonds. The third-order valence-electron chi connectivity index (χ3n) is 7.22. The Hall–Kier alpha value is -3.56. The Morgan fingerprint density at radius 3 is 1.95 bits per heavy atom. The van der Waals surface area contributed by atoms with Crippen LogP contribution in [0.25, 0.3) is 11.1 Å². The molecule has 1 saturated carbocycles. The van der Waals surface area contributed by atoms with E-state index in [0.717, 1.165) is 49.3 Å². The standard InChI is InChI=1S/C31H28F8O2/c1-2-3-18-4-6-19(7-5-18)20-8-10-21(11-9-20)22-14-24(32)29(25(33)15-22)31(38,39)41-23-16-26(34)30(27(35)17-23)40-13-12-28(36)37/h8-19,28H,2-7H2,1H3/b13-12+. The number of halogens is 8. The van der Waals surface area contributed by atoms with Gasteiger partial charge in [-0.3, -0.25) is 0 Å². The summed E-state index contributed by atoms with van der Waals surface area (Å²) >= 11 is 0. The lowest BCUT2D eigenvalue weighted by atomic mass is 9.77. The summed E-state index contributed by atoms with van der Waals surface area (Å²) in [4.78, 5) is 0. The Bertz CT molecular complexity index is 1320. The first-order valence-electron chi connectivity index (χ1n) is 13.3. The second-order valence-corrected chi connectivity index (χ2v) is 10.1. The van der Waals surface area contributed by atoms with Gasteiger partial charge in [0.05, 0.1) is 6.26 Å². The van der Waals surface area contributed by atoms with Gasteiger partial charge in [0, 0.05) is 18.2 Å². The van der Waals surface area contributed by atoms with E-state index < -0.39 is 52.9 Å². The van der Waals surface area contributed by atoms with E-state index in [2.05, 4.69) is 16.4 Å². The lowest BCUT2D eigenvalue weighted by molar-refractivity contribution is -0.189. The molecule has 4 rings (SSSR count). The Balaban J connectivity index is 1.50. The number of allylic oxidation sites excluding steroid dienone is 1. The van der Waals surface area contributed by atoms with Gasteiger partial charge >= 0.3 is 6.11 Å². The molecule has 1 aliphatic carbocycles. The summed E-state index contributed by atoms with van der Waals surface area (Å²) in [5, 5.41) is 0. The van der Waals surface area contributed by atoms with E-state index in [9.17, 15) is 35.1 Å². The number of alkyl halides is 4. The third-order valence-corrected chi connectivity index (χ3v) is 7.22. The zero-order chi connectivity index (χ0) is 29.7. The van der Waals surface area contributed by atoms with E-state index in [0.29, 0.717) is 17.7 Å². The molecule has 0 atom stereocenters. The quantitative estimate of drug-likeness (QED) is 0.174. The van der Waals surface area contributed by atoms with E-state index in [1.54, 1.807) is 12.1 Å². The first-order valence-corrected chi connectivity index (χ1v) is 13.3. The fourth-order valence-electron chi connectivity index (χ4n) is 5.23. The predicted molar refractivity (Wildman–Crippen MR) is 138 cm³/mol. The van der Waals surface area contributed by atoms with Gasteiger partial charge in [0.25, 0.3) is 6.43 Å². The first-order chi connectivity index (χ1) is 19.5. The maximum atomic E-state index is 14.9. The first kappa shape index (κ1) is 30.4. The molecule has 10 heteroatoms. The number of hydrogen-bond acceptors (Lipinski definition) is 2. The van der Waals surface area contributed by atoms with Crippen LogP contribution in [0.15, 0.2) is 60.9 Å². The Morgan fingerprint density at radius 2 is 1.41 bits per heavy atom. The minimum Gasteiger partial charge on any atom is -0.459 e. The molecular weight excluding hydrogens is 556 g/mol. The van der Waals surface area contributed by atoms with Crippen molar-refractivity contribution in [2.24, 2.45) is 5.92 Å². The van der Waals surface area contributed by atoms with Crippen LogP contribution in [0.4, 0.5) is 35.1 Å². The summed E-state index contributed by atoms with van der Waals surface area (Å²) in [6, 6.07) is 9.11. The molecular formula is C31H28F8O2. The van der Waals surface area contributed by atoms with Crippen molar-refractivity contribution in [1.29, 1.82) is 0 Å². The number of ether oxygens (including phenoxy) is 2. The lowest BCUT2D eigenvalue weighted by Gasteiger charge is -2.28. The topological polar surface area (TPSA) is 18.5 Å². The summed E-state index contributed by atoms with van der Waals surface area (Å²) in [6.07, 6.45) is -0.274. The van der Waals surface area contributed by atoms with E-state index >= 15 is 0 Å². The van der Waals surface area contributed by atoms with Crippen molar-refractivity contribution in [2.75, 3.05) is 0 Å². The van der Waals surface area contributed by atoms with Gasteiger partial charge in [-0.05, 0) is 66.3 Å². The van der Waals surface area contributed by atoms with Crippen LogP contribution in [0.5, 0.6) is 11.5 Å². The van der Waals surface area contributed by atoms with Gasteiger partial charge in [0.15, 0.2) is 17.4 Å². The summed E-state index contributed by atoms with van der Waals surface area (Å²) in [5.74, 6) is -7.51. The number of hydrogen-bond donors (Lipinski definition) is 0. The molecule has 220 valence electrons. The van der Waals surface area contributed by atoms with Crippen LogP contribution in [-0.2, 0) is 6.11 Å². The molecule has 3 aromatic rings. The zero-order valence-electron chi connectivity index (χ0n) is 22.1. The highest BCUT2D eigenvalue weighted by atomic mass is 19.3. The molecule has 0 radical (unpaired) electrons. The summed E-state index contributed by atoms with van der Waals surface area (Å²) in [5.41, 5.74) is -0.194. The predicted octanol–water partition coefficient (Wildman–Crippen LogP) is 10.3. The molecule has 1 fully saturated rings. The maximum absolute atomic E-state index is 14.9. The van der Waals surface area contributed by atoms with Gasteiger partial charge in [0.1, 0.15) is 22.9 Å². The zero-order valence-corrected chi connectivity index (χ0v) is 22.1. The second-order valence-electron chi connectivity index (χ2n) is 10.1. The lowest BCUT2D eigenvalue weighted by Crippen LogP contribution is -2.25. The molecule has 0 N–H and O–H groups in total. The van der Waals surface area contributed by atoms with Crippen molar-refractivity contribution in [3.63, 3.8) is 0 Å². The third kappa shape index (κ3) is 7.40. The molecule has 0 bridgehead atoms. The van der Waals surface area contributed by atoms with Crippen molar-refractivity contribution in [1.82, 2.24) is 0 Å². The van der Waals surface area contributed by atoms with Crippen LogP contribution in [0.1, 0.15) is 62.5 Å². The monoisotopic (exact) mass is 584 g/mol. The van der Waals surface area contributed by atoms with Crippen LogP contribution in [-0.4, -0.2) is 6.43 Å². The molecule has 41 heavy (non-hydrogen) atoms. The van der Waals surface area contributed by atoms with Crippen molar-refractivity contribution < 1.29 is 44.6 Å². The van der Waals surface area contributed by atoms with Crippen molar-refractivity contribution in [2.45, 2.75) is 63.9 Å². The van der Waals surface area contributed by atoms with Gasteiger partial charge in [-0.2, -0.15) is 8.78 Å². The van der Waals surface area contributed by atoms with Gasteiger partial charge in [-0.15, -0.1) is 0 Å². The molecule has 0 unspecified atom stereocenters. The summed E-state index contributed by atoms with van der Waals surface area (Å²) in [7, 11) is 0. The molecule has 0 saturated heterocycles. The molecule has 3 aromatic carbocycles. The van der Waals surface area contributed by atoms with Crippen molar-refractivity contribution >= 4 is 0 Å². The summed E-state index contributed by atoms with van der Waals surface area (Å²) in [6.45, 7) is 2.18. The summed E-state index contributed by atoms with van der Waals surface area (Å²) < 4.78 is 121. The van der Waals surface area contributed by atoms with E-state index in [4.69, 9.17) is 0 Å². The molecule has 0 spiro atoms. The van der Waals surface area contributed by atoms with Crippen LogP contribution >= 0.6 is 0 Å². The Labute approximate surface area is 232 Å². The fraction of sp³-hybridized carbons (Fsp3) is 0.355. The van der Waals surface area contributed by atoms with Gasteiger partial charge in [-0.1, -0.05) is 44.0 Å². The largest absolute Gasteiger partial charge is 0.459 e. The number of benzene rings is 3. The Kier molecular flexibility index (Phi) is 9.60. The van der Waals surface area contributed by atoms with Crippen LogP contribution in [0, 0.1) is 29.2 Å². The highest BCUT2D eigenvalue weighted by molar-refractivity contribution is 5.64. The highest BCUT2D eigenvalue weighted by Gasteiger charge is 2.41. The van der Waals surface area contributed by atoms with E-state index in [-0.39, 0.29) is 23.8 Å². The second kappa shape index (κ2) is 13.0. The molecule has 2 nitrogen and oxygen atoms in total. The molecule has 0 aromatic heterocycles. The highest BCUT2D eigenvalue weighted by Crippen LogP contribution is 2.40. The smallest absolute Gasteiger partial charge is 0.432 e. The van der Waals surface area contributed by atoms with Crippen LogP contribution in [0.2, 0.25) is 0 Å². The van der Waals surface area contributed by atoms with E-state index in [1.807, 2.05) is 12.1 Å². The van der Waals surface area contributed by atoms with Crippen molar-refractivity contribution in [3.05, 3.63) is 95.3 Å². The Morgan fingerprint density at radius 1 is 0.829 bits per heavy atom. The van der Waals surface area contributed by atoms with E-state index in [1.165, 1.54) is 12.8 Å². The van der Waals surface area contributed by atoms with Crippen molar-refractivity contribution in [3.8, 4) is 22.6 Å². The maximum Gasteiger partial charge on any atom is 0.432 e. The van der Waals surface area contributed by atoms with Gasteiger partial charge in [0.2, 0.25) is 0 Å². The van der Waals surface area contributed by atoms with Gasteiger partial charge < -0.3 is 9.47 Å². The average molecular weight is 585 g/mol. The number of rotatable bonds is 10. The normalized spacial score (nSPS) is 17.8. The molecule has 0 aliphatic heterocycles. The minimum absolute atomic E-state index is 0.0215. The van der Waals surface area contributed by atoms with Crippen LogP contribution < -0.4 is 9.47 Å². The molecule has 0 heterocycles. The molecule has 1 aliphatic rings. The van der Waals surface area contributed by atoms with Gasteiger partial charge in [-0.25, -0.2) is 26.3 Å². The SMILES string of the molecule is CCCC1CCC(c2ccc(-c3cc(F)c(C(F)(F)Oc4cc(F)c(O/C=C/C(F)F)c(F)c4)c(F)c3)cc2)CC1. The minimum atomic E-state index is -4.66. The average Bonchev–Trinajstić information content (AvgIpc) is 2.90. The fourth-order valence-corrected chi connectivity index (χ4v) is 5.23. The van der Waals surface area contributed by atoms with Crippen LogP contribution in [0.3, 0.4) is 0 Å².